The van der Waals surface area contributed by atoms with Gasteiger partial charge in [-0.3, -0.25) is 0 Å². The molecule has 0 saturated carbocycles. The van der Waals surface area contributed by atoms with Crippen LogP contribution in [0.2, 0.25) is 0 Å². The van der Waals surface area contributed by atoms with Crippen LogP contribution in [-0.4, -0.2) is 23.2 Å². The standard InChI is InChI=1S/C12H17FOS/c1-2-15-8-7-11(9-14)10-3-5-12(13)6-4-10/h3-6,11,14H,2,7-9H2,1H3. The van der Waals surface area contributed by atoms with E-state index in [1.807, 2.05) is 11.8 Å². The van der Waals surface area contributed by atoms with E-state index in [4.69, 9.17) is 0 Å². The molecular formula is C12H17FOS. The molecule has 0 saturated heterocycles. The fraction of sp³-hybridized carbons (Fsp3) is 0.500. The Bertz CT molecular complexity index is 273. The zero-order valence-corrected chi connectivity index (χ0v) is 9.77. The van der Waals surface area contributed by atoms with Crippen molar-refractivity contribution in [1.29, 1.82) is 0 Å². The Morgan fingerprint density at radius 1 is 1.33 bits per heavy atom. The minimum atomic E-state index is -0.224. The molecule has 0 amide bonds. The van der Waals surface area contributed by atoms with E-state index in [1.165, 1.54) is 12.1 Å². The number of benzene rings is 1. The van der Waals surface area contributed by atoms with Crippen LogP contribution in [0.4, 0.5) is 4.39 Å². The highest BCUT2D eigenvalue weighted by atomic mass is 32.2. The van der Waals surface area contributed by atoms with Crippen molar-refractivity contribution in [2.45, 2.75) is 19.3 Å². The van der Waals surface area contributed by atoms with Crippen LogP contribution in [0.15, 0.2) is 24.3 Å². The maximum absolute atomic E-state index is 12.7. The molecule has 1 unspecified atom stereocenters. The highest BCUT2D eigenvalue weighted by Crippen LogP contribution is 2.21. The van der Waals surface area contributed by atoms with Crippen molar-refractivity contribution in [2.75, 3.05) is 18.1 Å². The van der Waals surface area contributed by atoms with E-state index >= 15 is 0 Å². The van der Waals surface area contributed by atoms with Gasteiger partial charge in [0.15, 0.2) is 0 Å². The van der Waals surface area contributed by atoms with Crippen molar-refractivity contribution in [3.8, 4) is 0 Å². The Balaban J connectivity index is 2.53. The number of rotatable bonds is 6. The van der Waals surface area contributed by atoms with E-state index < -0.39 is 0 Å². The Morgan fingerprint density at radius 2 is 2.00 bits per heavy atom. The molecule has 0 aromatic heterocycles. The molecule has 3 heteroatoms. The summed E-state index contributed by atoms with van der Waals surface area (Å²) in [5, 5.41) is 9.25. The van der Waals surface area contributed by atoms with Crippen molar-refractivity contribution in [3.05, 3.63) is 35.6 Å². The summed E-state index contributed by atoms with van der Waals surface area (Å²) in [5.74, 6) is 2.06. The second-order valence-electron chi connectivity index (χ2n) is 3.42. The first kappa shape index (κ1) is 12.5. The Morgan fingerprint density at radius 3 is 2.53 bits per heavy atom. The van der Waals surface area contributed by atoms with Crippen LogP contribution in [0.3, 0.4) is 0 Å². The highest BCUT2D eigenvalue weighted by molar-refractivity contribution is 7.99. The summed E-state index contributed by atoms with van der Waals surface area (Å²) in [7, 11) is 0. The highest BCUT2D eigenvalue weighted by Gasteiger charge is 2.09. The topological polar surface area (TPSA) is 20.2 Å². The molecule has 0 aliphatic rings. The van der Waals surface area contributed by atoms with E-state index in [0.29, 0.717) is 0 Å². The second-order valence-corrected chi connectivity index (χ2v) is 4.81. The molecule has 1 rings (SSSR count). The lowest BCUT2D eigenvalue weighted by atomic mass is 9.97. The predicted molar refractivity (Wildman–Crippen MR) is 63.8 cm³/mol. The van der Waals surface area contributed by atoms with E-state index in [0.717, 1.165) is 23.5 Å². The zero-order valence-electron chi connectivity index (χ0n) is 8.95. The molecule has 0 bridgehead atoms. The van der Waals surface area contributed by atoms with E-state index in [-0.39, 0.29) is 18.3 Å². The molecule has 0 aliphatic carbocycles. The number of aliphatic hydroxyl groups excluding tert-OH is 1. The molecule has 84 valence electrons. The summed E-state index contributed by atoms with van der Waals surface area (Å²) in [6.45, 7) is 2.26. The summed E-state index contributed by atoms with van der Waals surface area (Å²) < 4.78 is 12.7. The largest absolute Gasteiger partial charge is 0.396 e. The van der Waals surface area contributed by atoms with Crippen LogP contribution < -0.4 is 0 Å². The summed E-state index contributed by atoms with van der Waals surface area (Å²) >= 11 is 1.86. The van der Waals surface area contributed by atoms with Crippen molar-refractivity contribution < 1.29 is 9.50 Å². The van der Waals surface area contributed by atoms with Crippen LogP contribution in [0.25, 0.3) is 0 Å². The summed E-state index contributed by atoms with van der Waals surface area (Å²) in [6, 6.07) is 6.41. The van der Waals surface area contributed by atoms with Gasteiger partial charge in [-0.05, 0) is 35.6 Å². The molecule has 1 aromatic rings. The monoisotopic (exact) mass is 228 g/mol. The zero-order chi connectivity index (χ0) is 11.1. The van der Waals surface area contributed by atoms with Gasteiger partial charge in [0.25, 0.3) is 0 Å². The molecule has 0 heterocycles. The summed E-state index contributed by atoms with van der Waals surface area (Å²) in [6.07, 6.45) is 0.945. The number of hydrogen-bond acceptors (Lipinski definition) is 2. The van der Waals surface area contributed by atoms with Gasteiger partial charge in [-0.1, -0.05) is 19.1 Å². The maximum Gasteiger partial charge on any atom is 0.123 e. The van der Waals surface area contributed by atoms with Gasteiger partial charge in [0.05, 0.1) is 0 Å². The van der Waals surface area contributed by atoms with Gasteiger partial charge in [0.1, 0.15) is 5.82 Å². The van der Waals surface area contributed by atoms with E-state index in [9.17, 15) is 9.50 Å². The van der Waals surface area contributed by atoms with Gasteiger partial charge in [-0.25, -0.2) is 4.39 Å². The van der Waals surface area contributed by atoms with Gasteiger partial charge in [0, 0.05) is 12.5 Å². The van der Waals surface area contributed by atoms with E-state index in [1.54, 1.807) is 12.1 Å². The lowest BCUT2D eigenvalue weighted by molar-refractivity contribution is 0.263. The predicted octanol–water partition coefficient (Wildman–Crippen LogP) is 3.04. The molecule has 1 nitrogen and oxygen atoms in total. The average molecular weight is 228 g/mol. The van der Waals surface area contributed by atoms with Crippen LogP contribution in [0.5, 0.6) is 0 Å². The molecule has 0 aliphatic heterocycles. The number of halogens is 1. The Hall–Kier alpha value is -0.540. The molecule has 1 N–H and O–H groups in total. The molecule has 1 atom stereocenters. The summed E-state index contributed by atoms with van der Waals surface area (Å²) in [4.78, 5) is 0. The molecular weight excluding hydrogens is 211 g/mol. The molecule has 0 radical (unpaired) electrons. The first-order valence-corrected chi connectivity index (χ1v) is 6.37. The van der Waals surface area contributed by atoms with Crippen molar-refractivity contribution >= 4 is 11.8 Å². The minimum absolute atomic E-state index is 0.135. The van der Waals surface area contributed by atoms with Gasteiger partial charge in [0.2, 0.25) is 0 Å². The van der Waals surface area contributed by atoms with Crippen LogP contribution >= 0.6 is 11.8 Å². The van der Waals surface area contributed by atoms with Gasteiger partial charge < -0.3 is 5.11 Å². The first-order chi connectivity index (χ1) is 7.27. The normalized spacial score (nSPS) is 12.7. The fourth-order valence-electron chi connectivity index (χ4n) is 1.47. The fourth-order valence-corrected chi connectivity index (χ4v) is 2.21. The third kappa shape index (κ3) is 4.22. The molecule has 0 fully saturated rings. The molecule has 15 heavy (non-hydrogen) atoms. The summed E-state index contributed by atoms with van der Waals surface area (Å²) in [5.41, 5.74) is 1.02. The smallest absolute Gasteiger partial charge is 0.123 e. The molecule has 1 aromatic carbocycles. The Labute approximate surface area is 94.7 Å². The first-order valence-electron chi connectivity index (χ1n) is 5.22. The average Bonchev–Trinajstić information content (AvgIpc) is 2.26. The van der Waals surface area contributed by atoms with Crippen molar-refractivity contribution in [1.82, 2.24) is 0 Å². The molecule has 0 spiro atoms. The quantitative estimate of drug-likeness (QED) is 0.755. The van der Waals surface area contributed by atoms with Crippen molar-refractivity contribution in [3.63, 3.8) is 0 Å². The van der Waals surface area contributed by atoms with Crippen LogP contribution in [0, 0.1) is 5.82 Å². The lowest BCUT2D eigenvalue weighted by Crippen LogP contribution is -2.05. The van der Waals surface area contributed by atoms with Gasteiger partial charge >= 0.3 is 0 Å². The lowest BCUT2D eigenvalue weighted by Gasteiger charge is -2.13. The van der Waals surface area contributed by atoms with Crippen LogP contribution in [-0.2, 0) is 0 Å². The van der Waals surface area contributed by atoms with E-state index in [2.05, 4.69) is 6.92 Å². The number of aliphatic hydroxyl groups is 1. The van der Waals surface area contributed by atoms with Crippen molar-refractivity contribution in [2.24, 2.45) is 0 Å². The third-order valence-electron chi connectivity index (χ3n) is 2.38. The second kappa shape index (κ2) is 6.85. The SMILES string of the molecule is CCSCCC(CO)c1ccc(F)cc1. The minimum Gasteiger partial charge on any atom is -0.396 e. The van der Waals surface area contributed by atoms with Crippen LogP contribution in [0.1, 0.15) is 24.8 Å². The number of hydrogen-bond donors (Lipinski definition) is 1. The van der Waals surface area contributed by atoms with Gasteiger partial charge in [-0.2, -0.15) is 11.8 Å². The van der Waals surface area contributed by atoms with Gasteiger partial charge in [-0.15, -0.1) is 0 Å². The Kier molecular flexibility index (Phi) is 5.73. The third-order valence-corrected chi connectivity index (χ3v) is 3.31. The number of thioether (sulfide) groups is 1. The maximum atomic E-state index is 12.7.